The molecule has 1 amide bonds. The van der Waals surface area contributed by atoms with Crippen LogP contribution in [-0.2, 0) is 6.18 Å². The van der Waals surface area contributed by atoms with Crippen LogP contribution in [0, 0.1) is 0 Å². The van der Waals surface area contributed by atoms with E-state index in [-0.39, 0.29) is 21.4 Å². The lowest BCUT2D eigenvalue weighted by Gasteiger charge is -2.13. The van der Waals surface area contributed by atoms with Gasteiger partial charge in [-0.05, 0) is 18.2 Å². The number of benzene rings is 1. The van der Waals surface area contributed by atoms with Crippen molar-refractivity contribution in [1.82, 2.24) is 4.98 Å². The summed E-state index contributed by atoms with van der Waals surface area (Å²) < 4.78 is 38.4. The number of hydrogen-bond donors (Lipinski definition) is 1. The van der Waals surface area contributed by atoms with E-state index in [1.165, 1.54) is 18.2 Å². The van der Waals surface area contributed by atoms with Gasteiger partial charge in [0.2, 0.25) is 0 Å². The maximum atomic E-state index is 12.8. The third-order valence-electron chi connectivity index (χ3n) is 2.54. The van der Waals surface area contributed by atoms with Crippen LogP contribution in [0.25, 0.3) is 0 Å². The number of halogens is 5. The Morgan fingerprint density at radius 2 is 1.86 bits per heavy atom. The van der Waals surface area contributed by atoms with Crippen molar-refractivity contribution in [2.45, 2.75) is 6.18 Å². The molecule has 0 unspecified atom stereocenters. The van der Waals surface area contributed by atoms with Gasteiger partial charge >= 0.3 is 6.18 Å². The molecule has 110 valence electrons. The Balaban J connectivity index is 2.30. The Morgan fingerprint density at radius 3 is 2.48 bits per heavy atom. The Kier molecular flexibility index (Phi) is 4.39. The Bertz CT molecular complexity index is 689. The van der Waals surface area contributed by atoms with Gasteiger partial charge < -0.3 is 5.32 Å². The standard InChI is InChI=1S/C13H7Cl2F3N2O/c14-9-5-7(6-19-11(9)15)12(21)20-10-4-2-1-3-8(10)13(16,17)18/h1-6H,(H,20,21). The van der Waals surface area contributed by atoms with Crippen molar-refractivity contribution in [3.8, 4) is 0 Å². The molecule has 0 spiro atoms. The molecule has 1 aromatic heterocycles. The van der Waals surface area contributed by atoms with E-state index in [0.717, 1.165) is 18.3 Å². The summed E-state index contributed by atoms with van der Waals surface area (Å²) in [5.41, 5.74) is -1.28. The molecule has 0 aliphatic heterocycles. The number of nitrogens with one attached hydrogen (secondary N) is 1. The first-order valence-electron chi connectivity index (χ1n) is 5.57. The van der Waals surface area contributed by atoms with E-state index in [1.54, 1.807) is 0 Å². The number of aromatic nitrogens is 1. The first-order valence-corrected chi connectivity index (χ1v) is 6.33. The minimum atomic E-state index is -4.57. The number of rotatable bonds is 2. The number of hydrogen-bond acceptors (Lipinski definition) is 2. The summed E-state index contributed by atoms with van der Waals surface area (Å²) in [6.45, 7) is 0. The van der Waals surface area contributed by atoms with E-state index in [4.69, 9.17) is 23.2 Å². The van der Waals surface area contributed by atoms with Crippen molar-refractivity contribution < 1.29 is 18.0 Å². The molecule has 1 aromatic carbocycles. The number of carbonyl (C=O) groups is 1. The number of anilines is 1. The fourth-order valence-corrected chi connectivity index (χ4v) is 1.85. The van der Waals surface area contributed by atoms with Crippen molar-refractivity contribution in [1.29, 1.82) is 0 Å². The molecule has 0 aliphatic carbocycles. The molecule has 0 saturated carbocycles. The number of pyridine rings is 1. The Labute approximate surface area is 127 Å². The van der Waals surface area contributed by atoms with Crippen molar-refractivity contribution in [3.63, 3.8) is 0 Å². The lowest BCUT2D eigenvalue weighted by atomic mass is 10.1. The molecule has 0 aliphatic rings. The number of amides is 1. The number of para-hydroxylation sites is 1. The van der Waals surface area contributed by atoms with Crippen LogP contribution in [0.5, 0.6) is 0 Å². The van der Waals surface area contributed by atoms with Gasteiger partial charge in [0.05, 0.1) is 21.8 Å². The van der Waals surface area contributed by atoms with Crippen LogP contribution < -0.4 is 5.32 Å². The molecular formula is C13H7Cl2F3N2O. The van der Waals surface area contributed by atoms with Crippen molar-refractivity contribution >= 4 is 34.8 Å². The number of alkyl halides is 3. The second kappa shape index (κ2) is 5.91. The minimum absolute atomic E-state index is 0.00128. The minimum Gasteiger partial charge on any atom is -0.321 e. The summed E-state index contributed by atoms with van der Waals surface area (Å²) in [6, 6.07) is 5.88. The largest absolute Gasteiger partial charge is 0.418 e. The fraction of sp³-hybridized carbons (Fsp3) is 0.0769. The van der Waals surface area contributed by atoms with E-state index >= 15 is 0 Å². The third-order valence-corrected chi connectivity index (χ3v) is 3.23. The van der Waals surface area contributed by atoms with Crippen LogP contribution >= 0.6 is 23.2 Å². The van der Waals surface area contributed by atoms with Crippen LogP contribution in [0.1, 0.15) is 15.9 Å². The highest BCUT2D eigenvalue weighted by Crippen LogP contribution is 2.34. The highest BCUT2D eigenvalue weighted by molar-refractivity contribution is 6.41. The summed E-state index contributed by atoms with van der Waals surface area (Å²) in [4.78, 5) is 15.6. The van der Waals surface area contributed by atoms with Crippen molar-refractivity contribution in [3.05, 3.63) is 57.8 Å². The highest BCUT2D eigenvalue weighted by Gasteiger charge is 2.33. The maximum absolute atomic E-state index is 12.8. The Morgan fingerprint density at radius 1 is 1.19 bits per heavy atom. The third kappa shape index (κ3) is 3.65. The lowest BCUT2D eigenvalue weighted by molar-refractivity contribution is -0.136. The molecule has 21 heavy (non-hydrogen) atoms. The van der Waals surface area contributed by atoms with E-state index in [1.807, 2.05) is 0 Å². The summed E-state index contributed by atoms with van der Waals surface area (Å²) in [5.74, 6) is -0.766. The number of nitrogens with zero attached hydrogens (tertiary/aromatic N) is 1. The fourth-order valence-electron chi connectivity index (χ4n) is 1.58. The van der Waals surface area contributed by atoms with Gasteiger partial charge in [0, 0.05) is 6.20 Å². The zero-order valence-electron chi connectivity index (χ0n) is 10.2. The van der Waals surface area contributed by atoms with Crippen LogP contribution in [-0.4, -0.2) is 10.9 Å². The first-order chi connectivity index (χ1) is 9.79. The first kappa shape index (κ1) is 15.6. The SMILES string of the molecule is O=C(Nc1ccccc1C(F)(F)F)c1cnc(Cl)c(Cl)c1. The van der Waals surface area contributed by atoms with Crippen molar-refractivity contribution in [2.75, 3.05) is 5.32 Å². The summed E-state index contributed by atoms with van der Waals surface area (Å²) in [7, 11) is 0. The lowest BCUT2D eigenvalue weighted by Crippen LogP contribution is -2.16. The molecular weight excluding hydrogens is 328 g/mol. The van der Waals surface area contributed by atoms with Crippen molar-refractivity contribution in [2.24, 2.45) is 0 Å². The summed E-state index contributed by atoms with van der Waals surface area (Å²) in [6.07, 6.45) is -3.44. The molecule has 3 nitrogen and oxygen atoms in total. The van der Waals surface area contributed by atoms with Gasteiger partial charge in [-0.1, -0.05) is 35.3 Å². The molecule has 2 aromatic rings. The molecule has 2 rings (SSSR count). The molecule has 0 bridgehead atoms. The molecule has 1 heterocycles. The van der Waals surface area contributed by atoms with E-state index in [2.05, 4.69) is 10.3 Å². The summed E-state index contributed by atoms with van der Waals surface area (Å²) >= 11 is 11.3. The van der Waals surface area contributed by atoms with Crippen LogP contribution in [0.2, 0.25) is 10.2 Å². The van der Waals surface area contributed by atoms with Gasteiger partial charge in [-0.2, -0.15) is 13.2 Å². The highest BCUT2D eigenvalue weighted by atomic mass is 35.5. The van der Waals surface area contributed by atoms with Crippen LogP contribution in [0.15, 0.2) is 36.5 Å². The molecule has 0 fully saturated rings. The smallest absolute Gasteiger partial charge is 0.321 e. The monoisotopic (exact) mass is 334 g/mol. The normalized spacial score (nSPS) is 11.3. The molecule has 0 saturated heterocycles. The molecule has 8 heteroatoms. The van der Waals surface area contributed by atoms with Gasteiger partial charge in [0.1, 0.15) is 5.15 Å². The van der Waals surface area contributed by atoms with Gasteiger partial charge in [0.25, 0.3) is 5.91 Å². The summed E-state index contributed by atoms with van der Waals surface area (Å²) in [5, 5.41) is 2.22. The average molecular weight is 335 g/mol. The molecule has 1 N–H and O–H groups in total. The topological polar surface area (TPSA) is 42.0 Å². The second-order valence-electron chi connectivity index (χ2n) is 3.99. The predicted molar refractivity (Wildman–Crippen MR) is 73.7 cm³/mol. The van der Waals surface area contributed by atoms with E-state index in [9.17, 15) is 18.0 Å². The van der Waals surface area contributed by atoms with Gasteiger partial charge in [-0.15, -0.1) is 0 Å². The van der Waals surface area contributed by atoms with E-state index in [0.29, 0.717) is 0 Å². The molecule has 0 atom stereocenters. The number of carbonyl (C=O) groups excluding carboxylic acids is 1. The van der Waals surface area contributed by atoms with Gasteiger partial charge in [-0.3, -0.25) is 4.79 Å². The molecule has 0 radical (unpaired) electrons. The predicted octanol–water partition coefficient (Wildman–Crippen LogP) is 4.66. The van der Waals surface area contributed by atoms with Gasteiger partial charge in [0.15, 0.2) is 0 Å². The van der Waals surface area contributed by atoms with E-state index < -0.39 is 17.6 Å². The zero-order chi connectivity index (χ0) is 15.6. The Hall–Kier alpha value is -1.79. The maximum Gasteiger partial charge on any atom is 0.418 e. The van der Waals surface area contributed by atoms with Crippen LogP contribution in [0.4, 0.5) is 18.9 Å². The second-order valence-corrected chi connectivity index (χ2v) is 4.76. The quantitative estimate of drug-likeness (QED) is 0.811. The van der Waals surface area contributed by atoms with Gasteiger partial charge in [-0.25, -0.2) is 4.98 Å². The van der Waals surface area contributed by atoms with Crippen LogP contribution in [0.3, 0.4) is 0 Å². The average Bonchev–Trinajstić information content (AvgIpc) is 2.41. The zero-order valence-corrected chi connectivity index (χ0v) is 11.7.